The molecule has 2 aromatic rings. The number of aromatic nitrogens is 4. The Morgan fingerprint density at radius 1 is 1.63 bits per heavy atom. The molecule has 0 radical (unpaired) electrons. The van der Waals surface area contributed by atoms with Crippen LogP contribution in [0, 0.1) is 0 Å². The number of rotatable bonds is 5. The predicted octanol–water partition coefficient (Wildman–Crippen LogP) is 0.295. The summed E-state index contributed by atoms with van der Waals surface area (Å²) < 4.78 is 10.4. The standard InChI is InChI=1S/C10H14N6O2S/c1-16-5-13-14-6(16)3-4-12-9-7(10(17)18-2)8(11)15-19-9/h5,12H,3-4H2,1-2H3,(H2,11,15). The largest absolute Gasteiger partial charge is 0.465 e. The van der Waals surface area contributed by atoms with Crippen LogP contribution in [0.3, 0.4) is 0 Å². The highest BCUT2D eigenvalue weighted by Crippen LogP contribution is 2.27. The zero-order chi connectivity index (χ0) is 13.8. The Kier molecular flexibility index (Phi) is 3.95. The van der Waals surface area contributed by atoms with E-state index >= 15 is 0 Å². The van der Waals surface area contributed by atoms with E-state index in [4.69, 9.17) is 5.73 Å². The van der Waals surface area contributed by atoms with Gasteiger partial charge in [0.1, 0.15) is 22.7 Å². The lowest BCUT2D eigenvalue weighted by Gasteiger charge is -2.05. The molecule has 0 saturated heterocycles. The first-order chi connectivity index (χ1) is 9.13. The summed E-state index contributed by atoms with van der Waals surface area (Å²) in [6.07, 6.45) is 2.31. The first-order valence-electron chi connectivity index (χ1n) is 5.53. The molecule has 2 heterocycles. The number of nitrogens with two attached hydrogens (primary N) is 1. The number of nitrogens with zero attached hydrogens (tertiary/aromatic N) is 4. The predicted molar refractivity (Wildman–Crippen MR) is 71.1 cm³/mol. The van der Waals surface area contributed by atoms with Crippen LogP contribution in [-0.2, 0) is 18.2 Å². The Labute approximate surface area is 113 Å². The molecular weight excluding hydrogens is 268 g/mol. The van der Waals surface area contributed by atoms with Crippen molar-refractivity contribution in [2.75, 3.05) is 24.7 Å². The van der Waals surface area contributed by atoms with Crippen LogP contribution in [0.25, 0.3) is 0 Å². The topological polar surface area (TPSA) is 108 Å². The smallest absolute Gasteiger partial charge is 0.344 e. The van der Waals surface area contributed by atoms with Crippen LogP contribution >= 0.6 is 11.5 Å². The van der Waals surface area contributed by atoms with Gasteiger partial charge in [0.25, 0.3) is 0 Å². The number of esters is 1. The van der Waals surface area contributed by atoms with Gasteiger partial charge in [-0.2, -0.15) is 4.37 Å². The third kappa shape index (κ3) is 2.81. The molecule has 3 N–H and O–H groups in total. The second-order valence-corrected chi connectivity index (χ2v) is 4.57. The molecule has 0 fully saturated rings. The zero-order valence-corrected chi connectivity index (χ0v) is 11.4. The quantitative estimate of drug-likeness (QED) is 0.759. The monoisotopic (exact) mass is 282 g/mol. The number of ether oxygens (including phenoxy) is 1. The van der Waals surface area contributed by atoms with Crippen molar-refractivity contribution < 1.29 is 9.53 Å². The molecule has 0 aliphatic carbocycles. The lowest BCUT2D eigenvalue weighted by Crippen LogP contribution is -2.11. The van der Waals surface area contributed by atoms with E-state index in [0.29, 0.717) is 18.0 Å². The summed E-state index contributed by atoms with van der Waals surface area (Å²) in [5.41, 5.74) is 5.92. The maximum atomic E-state index is 11.6. The Morgan fingerprint density at radius 3 is 3.05 bits per heavy atom. The Hall–Kier alpha value is -2.16. The molecular formula is C10H14N6O2S. The summed E-state index contributed by atoms with van der Waals surface area (Å²) in [6.45, 7) is 0.595. The number of carbonyl (C=O) groups is 1. The van der Waals surface area contributed by atoms with E-state index in [-0.39, 0.29) is 11.4 Å². The SMILES string of the molecule is COC(=O)c1c(N)nsc1NCCc1nncn1C. The summed E-state index contributed by atoms with van der Waals surface area (Å²) in [5, 5.41) is 11.5. The average molecular weight is 282 g/mol. The van der Waals surface area contributed by atoms with Gasteiger partial charge in [-0.3, -0.25) is 0 Å². The van der Waals surface area contributed by atoms with Crippen LogP contribution < -0.4 is 11.1 Å². The molecule has 9 heteroatoms. The molecule has 8 nitrogen and oxygen atoms in total. The molecule has 19 heavy (non-hydrogen) atoms. The molecule has 0 bridgehead atoms. The first kappa shape index (κ1) is 13.3. The van der Waals surface area contributed by atoms with Gasteiger partial charge in [-0.15, -0.1) is 10.2 Å². The minimum absolute atomic E-state index is 0.179. The summed E-state index contributed by atoms with van der Waals surface area (Å²) in [6, 6.07) is 0. The maximum absolute atomic E-state index is 11.6. The van der Waals surface area contributed by atoms with Gasteiger partial charge in [0.15, 0.2) is 5.82 Å². The van der Waals surface area contributed by atoms with Crippen molar-refractivity contribution in [2.24, 2.45) is 7.05 Å². The summed E-state index contributed by atoms with van der Waals surface area (Å²) in [7, 11) is 3.18. The van der Waals surface area contributed by atoms with E-state index in [1.165, 1.54) is 7.11 Å². The van der Waals surface area contributed by atoms with Gasteiger partial charge >= 0.3 is 5.97 Å². The van der Waals surface area contributed by atoms with Gasteiger partial charge in [0.2, 0.25) is 0 Å². The number of aryl methyl sites for hydroxylation is 1. The molecule has 0 spiro atoms. The van der Waals surface area contributed by atoms with Crippen LogP contribution in [0.1, 0.15) is 16.2 Å². The molecule has 0 aliphatic rings. The van der Waals surface area contributed by atoms with Crippen molar-refractivity contribution in [2.45, 2.75) is 6.42 Å². The zero-order valence-electron chi connectivity index (χ0n) is 10.6. The first-order valence-corrected chi connectivity index (χ1v) is 6.31. The number of nitrogen functional groups attached to an aromatic ring is 1. The van der Waals surface area contributed by atoms with E-state index in [9.17, 15) is 4.79 Å². The number of carbonyl (C=O) groups excluding carboxylic acids is 1. The number of methoxy groups -OCH3 is 1. The number of nitrogens with one attached hydrogen (secondary N) is 1. The second kappa shape index (κ2) is 5.65. The maximum Gasteiger partial charge on any atom is 0.344 e. The Balaban J connectivity index is 2.00. The van der Waals surface area contributed by atoms with Crippen LogP contribution in [0.2, 0.25) is 0 Å². The van der Waals surface area contributed by atoms with Crippen molar-refractivity contribution in [3.63, 3.8) is 0 Å². The third-order valence-electron chi connectivity index (χ3n) is 2.55. The normalized spacial score (nSPS) is 10.4. The van der Waals surface area contributed by atoms with Crippen LogP contribution in [0.5, 0.6) is 0 Å². The number of anilines is 2. The molecule has 0 atom stereocenters. The van der Waals surface area contributed by atoms with Gasteiger partial charge in [0.05, 0.1) is 7.11 Å². The highest BCUT2D eigenvalue weighted by Gasteiger charge is 2.19. The van der Waals surface area contributed by atoms with Crippen LogP contribution in [0.4, 0.5) is 10.8 Å². The van der Waals surface area contributed by atoms with E-state index in [2.05, 4.69) is 24.6 Å². The van der Waals surface area contributed by atoms with E-state index in [1.807, 2.05) is 11.6 Å². The molecule has 0 aliphatic heterocycles. The Bertz CT molecular complexity index is 578. The van der Waals surface area contributed by atoms with Crippen molar-refractivity contribution >= 4 is 28.3 Å². The summed E-state index contributed by atoms with van der Waals surface area (Å²) in [5.74, 6) is 0.537. The number of hydrogen-bond acceptors (Lipinski definition) is 8. The van der Waals surface area contributed by atoms with Gasteiger partial charge in [-0.25, -0.2) is 4.79 Å². The minimum Gasteiger partial charge on any atom is -0.465 e. The lowest BCUT2D eigenvalue weighted by molar-refractivity contribution is 0.0603. The molecule has 0 saturated carbocycles. The van der Waals surface area contributed by atoms with E-state index < -0.39 is 5.97 Å². The van der Waals surface area contributed by atoms with Gasteiger partial charge in [0, 0.05) is 20.0 Å². The van der Waals surface area contributed by atoms with E-state index in [1.54, 1.807) is 6.33 Å². The highest BCUT2D eigenvalue weighted by atomic mass is 32.1. The molecule has 0 aromatic carbocycles. The lowest BCUT2D eigenvalue weighted by atomic mass is 10.3. The van der Waals surface area contributed by atoms with Crippen LogP contribution in [-0.4, -0.2) is 38.8 Å². The summed E-state index contributed by atoms with van der Waals surface area (Å²) >= 11 is 1.13. The highest BCUT2D eigenvalue weighted by molar-refractivity contribution is 7.11. The number of hydrogen-bond donors (Lipinski definition) is 2. The molecule has 0 amide bonds. The van der Waals surface area contributed by atoms with Gasteiger partial charge in [-0.05, 0) is 11.5 Å². The van der Waals surface area contributed by atoms with Crippen molar-refractivity contribution in [3.05, 3.63) is 17.7 Å². The molecule has 0 unspecified atom stereocenters. The van der Waals surface area contributed by atoms with Crippen molar-refractivity contribution in [3.8, 4) is 0 Å². The second-order valence-electron chi connectivity index (χ2n) is 3.80. The van der Waals surface area contributed by atoms with Crippen molar-refractivity contribution in [1.82, 2.24) is 19.1 Å². The third-order valence-corrected chi connectivity index (χ3v) is 3.37. The van der Waals surface area contributed by atoms with E-state index in [0.717, 1.165) is 17.4 Å². The molecule has 102 valence electrons. The van der Waals surface area contributed by atoms with Gasteiger partial charge in [-0.1, -0.05) is 0 Å². The van der Waals surface area contributed by atoms with Gasteiger partial charge < -0.3 is 20.4 Å². The molecule has 2 rings (SSSR count). The fraction of sp³-hybridized carbons (Fsp3) is 0.400. The molecule has 2 aromatic heterocycles. The fourth-order valence-electron chi connectivity index (χ4n) is 1.54. The summed E-state index contributed by atoms with van der Waals surface area (Å²) in [4.78, 5) is 11.6. The average Bonchev–Trinajstić information content (AvgIpc) is 2.96. The van der Waals surface area contributed by atoms with Crippen molar-refractivity contribution in [1.29, 1.82) is 0 Å². The van der Waals surface area contributed by atoms with Crippen LogP contribution in [0.15, 0.2) is 6.33 Å². The Morgan fingerprint density at radius 2 is 2.42 bits per heavy atom. The minimum atomic E-state index is -0.493. The fourth-order valence-corrected chi connectivity index (χ4v) is 2.27.